The molecule has 0 aliphatic rings. The van der Waals surface area contributed by atoms with Crippen molar-refractivity contribution in [3.8, 4) is 0 Å². The van der Waals surface area contributed by atoms with E-state index in [0.717, 1.165) is 0 Å². The first-order valence-corrected chi connectivity index (χ1v) is 6.24. The first-order valence-electron chi connectivity index (χ1n) is 5.86. The van der Waals surface area contributed by atoms with Crippen molar-refractivity contribution in [1.29, 1.82) is 0 Å². The molecule has 2 N–H and O–H groups in total. The molecule has 18 heavy (non-hydrogen) atoms. The van der Waals surface area contributed by atoms with Crippen molar-refractivity contribution in [3.05, 3.63) is 23.5 Å². The summed E-state index contributed by atoms with van der Waals surface area (Å²) in [6.07, 6.45) is 1.56. The summed E-state index contributed by atoms with van der Waals surface area (Å²) in [4.78, 5) is 17.8. The lowest BCUT2D eigenvalue weighted by molar-refractivity contribution is -0.120. The predicted molar refractivity (Wildman–Crippen MR) is 71.7 cm³/mol. The van der Waals surface area contributed by atoms with Gasteiger partial charge in [-0.3, -0.25) is 9.69 Å². The molecule has 0 aliphatic heterocycles. The molecule has 0 saturated heterocycles. The second kappa shape index (κ2) is 7.31. The maximum Gasteiger partial charge on any atom is 0.241 e. The number of aromatic nitrogens is 1. The van der Waals surface area contributed by atoms with Crippen molar-refractivity contribution in [1.82, 2.24) is 9.88 Å². The Bertz CT molecular complexity index is 401. The van der Waals surface area contributed by atoms with Crippen LogP contribution in [0.3, 0.4) is 0 Å². The normalized spacial score (nSPS) is 12.5. The lowest BCUT2D eigenvalue weighted by Crippen LogP contribution is -2.43. The number of hydrogen-bond acceptors (Lipinski definition) is 4. The Kier molecular flexibility index (Phi) is 6.04. The SMILES string of the molecule is CCN(CCO)C(C)C(=O)Nc1cccnc1Cl. The van der Waals surface area contributed by atoms with Gasteiger partial charge in [0.05, 0.1) is 18.3 Å². The second-order valence-electron chi connectivity index (χ2n) is 3.86. The van der Waals surface area contributed by atoms with Gasteiger partial charge in [-0.25, -0.2) is 4.98 Å². The Morgan fingerprint density at radius 3 is 2.94 bits per heavy atom. The lowest BCUT2D eigenvalue weighted by Gasteiger charge is -2.26. The first-order chi connectivity index (χ1) is 8.60. The molecule has 1 rings (SSSR count). The average molecular weight is 272 g/mol. The summed E-state index contributed by atoms with van der Waals surface area (Å²) in [5.74, 6) is -0.166. The number of aliphatic hydroxyl groups excluding tert-OH is 1. The molecule has 1 aromatic heterocycles. The molecule has 100 valence electrons. The quantitative estimate of drug-likeness (QED) is 0.767. The number of anilines is 1. The van der Waals surface area contributed by atoms with Crippen LogP contribution >= 0.6 is 11.6 Å². The van der Waals surface area contributed by atoms with Gasteiger partial charge in [0.25, 0.3) is 0 Å². The van der Waals surface area contributed by atoms with Gasteiger partial charge >= 0.3 is 0 Å². The van der Waals surface area contributed by atoms with Gasteiger partial charge in [0.2, 0.25) is 5.91 Å². The number of amides is 1. The number of carbonyl (C=O) groups excluding carboxylic acids is 1. The summed E-state index contributed by atoms with van der Waals surface area (Å²) in [7, 11) is 0. The van der Waals surface area contributed by atoms with Crippen LogP contribution in [0.1, 0.15) is 13.8 Å². The average Bonchev–Trinajstić information content (AvgIpc) is 2.37. The smallest absolute Gasteiger partial charge is 0.241 e. The molecule has 0 radical (unpaired) electrons. The van der Waals surface area contributed by atoms with E-state index in [9.17, 15) is 4.79 Å². The molecule has 0 aliphatic carbocycles. The van der Waals surface area contributed by atoms with Gasteiger partial charge in [-0.1, -0.05) is 18.5 Å². The molecule has 1 atom stereocenters. The van der Waals surface area contributed by atoms with Crippen LogP contribution in [0.5, 0.6) is 0 Å². The molecule has 1 unspecified atom stereocenters. The minimum Gasteiger partial charge on any atom is -0.395 e. The Morgan fingerprint density at radius 2 is 2.39 bits per heavy atom. The van der Waals surface area contributed by atoms with Crippen LogP contribution in [0.25, 0.3) is 0 Å². The van der Waals surface area contributed by atoms with Gasteiger partial charge in [0.15, 0.2) is 5.15 Å². The van der Waals surface area contributed by atoms with E-state index in [1.54, 1.807) is 25.3 Å². The minimum atomic E-state index is -0.335. The molecule has 0 saturated carbocycles. The van der Waals surface area contributed by atoms with E-state index in [0.29, 0.717) is 18.8 Å². The van der Waals surface area contributed by atoms with Gasteiger partial charge in [-0.15, -0.1) is 0 Å². The molecule has 1 aromatic rings. The molecule has 0 fully saturated rings. The number of aliphatic hydroxyl groups is 1. The Balaban J connectivity index is 2.67. The number of nitrogens with zero attached hydrogens (tertiary/aromatic N) is 2. The highest BCUT2D eigenvalue weighted by Crippen LogP contribution is 2.18. The van der Waals surface area contributed by atoms with Gasteiger partial charge in [0, 0.05) is 12.7 Å². The van der Waals surface area contributed by atoms with Crippen molar-refractivity contribution >= 4 is 23.2 Å². The van der Waals surface area contributed by atoms with Gasteiger partial charge in [-0.2, -0.15) is 0 Å². The summed E-state index contributed by atoms with van der Waals surface area (Å²) in [6.45, 7) is 4.91. The number of halogens is 1. The van der Waals surface area contributed by atoms with Crippen LogP contribution in [0, 0.1) is 0 Å². The van der Waals surface area contributed by atoms with Crippen LogP contribution < -0.4 is 5.32 Å². The summed E-state index contributed by atoms with van der Waals surface area (Å²) >= 11 is 5.87. The van der Waals surface area contributed by atoms with Crippen molar-refractivity contribution in [2.75, 3.05) is 25.0 Å². The fourth-order valence-electron chi connectivity index (χ4n) is 1.64. The molecule has 1 amide bonds. The Labute approximate surface area is 112 Å². The third kappa shape index (κ3) is 3.94. The fraction of sp³-hybridized carbons (Fsp3) is 0.500. The van der Waals surface area contributed by atoms with Gasteiger partial charge in [-0.05, 0) is 25.6 Å². The van der Waals surface area contributed by atoms with E-state index in [1.165, 1.54) is 0 Å². The number of rotatable bonds is 6. The topological polar surface area (TPSA) is 65.5 Å². The zero-order valence-electron chi connectivity index (χ0n) is 10.6. The number of carbonyl (C=O) groups is 1. The summed E-state index contributed by atoms with van der Waals surface area (Å²) in [5, 5.41) is 11.9. The highest BCUT2D eigenvalue weighted by molar-refractivity contribution is 6.32. The number of hydrogen-bond donors (Lipinski definition) is 2. The Hall–Kier alpha value is -1.17. The van der Waals surface area contributed by atoms with Crippen LogP contribution in [0.2, 0.25) is 5.15 Å². The lowest BCUT2D eigenvalue weighted by atomic mass is 10.2. The van der Waals surface area contributed by atoms with Crippen LogP contribution in [0.15, 0.2) is 18.3 Å². The summed E-state index contributed by atoms with van der Waals surface area (Å²) in [6, 6.07) is 3.07. The van der Waals surface area contributed by atoms with Crippen molar-refractivity contribution in [2.24, 2.45) is 0 Å². The second-order valence-corrected chi connectivity index (χ2v) is 4.22. The largest absolute Gasteiger partial charge is 0.395 e. The molecule has 6 heteroatoms. The third-order valence-corrected chi connectivity index (χ3v) is 3.04. The molecule has 1 heterocycles. The van der Waals surface area contributed by atoms with Crippen molar-refractivity contribution in [2.45, 2.75) is 19.9 Å². The number of nitrogens with one attached hydrogen (secondary N) is 1. The molecule has 0 spiro atoms. The first kappa shape index (κ1) is 14.9. The minimum absolute atomic E-state index is 0.0269. The molecular weight excluding hydrogens is 254 g/mol. The number of likely N-dealkylation sites (N-methyl/N-ethyl adjacent to an activating group) is 1. The summed E-state index contributed by atoms with van der Waals surface area (Å²) in [5.41, 5.74) is 0.496. The van der Waals surface area contributed by atoms with E-state index >= 15 is 0 Å². The van der Waals surface area contributed by atoms with E-state index in [4.69, 9.17) is 16.7 Å². The predicted octanol–water partition coefficient (Wildman–Crippen LogP) is 1.38. The van der Waals surface area contributed by atoms with Gasteiger partial charge in [0.1, 0.15) is 0 Å². The maximum atomic E-state index is 12.0. The van der Waals surface area contributed by atoms with Crippen LogP contribution in [-0.4, -0.2) is 46.6 Å². The van der Waals surface area contributed by atoms with E-state index in [-0.39, 0.29) is 23.7 Å². The van der Waals surface area contributed by atoms with Crippen LogP contribution in [0.4, 0.5) is 5.69 Å². The Morgan fingerprint density at radius 1 is 1.67 bits per heavy atom. The summed E-state index contributed by atoms with van der Waals surface area (Å²) < 4.78 is 0. The highest BCUT2D eigenvalue weighted by Gasteiger charge is 2.20. The fourth-order valence-corrected chi connectivity index (χ4v) is 1.80. The van der Waals surface area contributed by atoms with Crippen molar-refractivity contribution in [3.63, 3.8) is 0 Å². The van der Waals surface area contributed by atoms with Gasteiger partial charge < -0.3 is 10.4 Å². The van der Waals surface area contributed by atoms with Crippen molar-refractivity contribution < 1.29 is 9.90 Å². The zero-order valence-corrected chi connectivity index (χ0v) is 11.3. The third-order valence-electron chi connectivity index (χ3n) is 2.74. The molecular formula is C12H18ClN3O2. The van der Waals surface area contributed by atoms with E-state index in [2.05, 4.69) is 10.3 Å². The maximum absolute atomic E-state index is 12.0. The van der Waals surface area contributed by atoms with E-state index < -0.39 is 0 Å². The monoisotopic (exact) mass is 271 g/mol. The molecule has 5 nitrogen and oxygen atoms in total. The zero-order chi connectivity index (χ0) is 13.5. The molecule has 0 bridgehead atoms. The number of pyridine rings is 1. The van der Waals surface area contributed by atoms with E-state index in [1.807, 2.05) is 11.8 Å². The standard InChI is InChI=1S/C12H18ClN3O2/c1-3-16(7-8-17)9(2)12(18)15-10-5-4-6-14-11(10)13/h4-6,9,17H,3,7-8H2,1-2H3,(H,15,18). The molecule has 0 aromatic carbocycles. The van der Waals surface area contributed by atoms with Crippen LogP contribution in [-0.2, 0) is 4.79 Å². The highest BCUT2D eigenvalue weighted by atomic mass is 35.5.